The molecule has 0 N–H and O–H groups in total. The minimum absolute atomic E-state index is 0.0773. The molecule has 1 heterocycles. The molecule has 32 heavy (non-hydrogen) atoms. The van der Waals surface area contributed by atoms with E-state index in [-0.39, 0.29) is 12.2 Å². The summed E-state index contributed by atoms with van der Waals surface area (Å²) in [5.74, 6) is 1.42. The van der Waals surface area contributed by atoms with Crippen molar-refractivity contribution in [1.82, 2.24) is 9.66 Å². The largest absolute Gasteiger partial charge is 0.490 e. The van der Waals surface area contributed by atoms with Crippen LogP contribution in [0.4, 0.5) is 0 Å². The molecule has 7 nitrogen and oxygen atoms in total. The highest BCUT2D eigenvalue weighted by Gasteiger charge is 2.12. The zero-order valence-electron chi connectivity index (χ0n) is 17.4. The summed E-state index contributed by atoms with van der Waals surface area (Å²) in [4.78, 5) is 17.9. The Bertz CT molecular complexity index is 1370. The summed E-state index contributed by atoms with van der Waals surface area (Å²) in [6.07, 6.45) is 1.57. The first-order chi connectivity index (χ1) is 15.7. The molecule has 158 valence electrons. The van der Waals surface area contributed by atoms with Crippen LogP contribution in [0.25, 0.3) is 22.3 Å². The van der Waals surface area contributed by atoms with Crippen molar-refractivity contribution in [2.75, 3.05) is 13.2 Å². The van der Waals surface area contributed by atoms with Crippen LogP contribution in [0.15, 0.2) is 82.7 Å². The topological polar surface area (TPSA) is 89.5 Å². The van der Waals surface area contributed by atoms with E-state index in [1.54, 1.807) is 36.5 Å². The second-order valence-electron chi connectivity index (χ2n) is 6.77. The van der Waals surface area contributed by atoms with Crippen molar-refractivity contribution in [3.63, 3.8) is 0 Å². The van der Waals surface area contributed by atoms with E-state index in [1.807, 2.05) is 55.5 Å². The van der Waals surface area contributed by atoms with Gasteiger partial charge in [0.2, 0.25) is 0 Å². The quantitative estimate of drug-likeness (QED) is 0.414. The van der Waals surface area contributed by atoms with Crippen molar-refractivity contribution in [1.29, 1.82) is 5.26 Å². The van der Waals surface area contributed by atoms with E-state index in [0.717, 1.165) is 5.56 Å². The molecule has 0 aliphatic carbocycles. The summed E-state index contributed by atoms with van der Waals surface area (Å²) in [7, 11) is 0. The average Bonchev–Trinajstić information content (AvgIpc) is 2.83. The zero-order valence-corrected chi connectivity index (χ0v) is 17.4. The van der Waals surface area contributed by atoms with Crippen molar-refractivity contribution < 1.29 is 9.47 Å². The highest BCUT2D eigenvalue weighted by atomic mass is 16.5. The summed E-state index contributed by atoms with van der Waals surface area (Å²) in [5.41, 5.74) is 1.84. The normalized spacial score (nSPS) is 10.9. The van der Waals surface area contributed by atoms with Crippen LogP contribution in [-0.4, -0.2) is 29.1 Å². The van der Waals surface area contributed by atoms with E-state index < -0.39 is 0 Å². The number of ether oxygens (including phenoxy) is 2. The van der Waals surface area contributed by atoms with Crippen molar-refractivity contribution >= 4 is 17.1 Å². The Morgan fingerprint density at radius 2 is 1.81 bits per heavy atom. The van der Waals surface area contributed by atoms with E-state index in [0.29, 0.717) is 40.4 Å². The smallest absolute Gasteiger partial charge is 0.282 e. The predicted octanol–water partition coefficient (Wildman–Crippen LogP) is 4.25. The van der Waals surface area contributed by atoms with Gasteiger partial charge in [-0.2, -0.15) is 15.0 Å². The molecule has 0 saturated carbocycles. The van der Waals surface area contributed by atoms with E-state index in [1.165, 1.54) is 4.68 Å². The maximum Gasteiger partial charge on any atom is 0.282 e. The maximum absolute atomic E-state index is 13.2. The van der Waals surface area contributed by atoms with Gasteiger partial charge in [0.15, 0.2) is 23.9 Å². The number of aromatic nitrogens is 2. The van der Waals surface area contributed by atoms with Crippen LogP contribution in [-0.2, 0) is 0 Å². The lowest BCUT2D eigenvalue weighted by atomic mass is 10.2. The molecular weight excluding hydrogens is 404 g/mol. The highest BCUT2D eigenvalue weighted by Crippen LogP contribution is 2.28. The van der Waals surface area contributed by atoms with Crippen molar-refractivity contribution in [2.45, 2.75) is 6.92 Å². The van der Waals surface area contributed by atoms with Gasteiger partial charge in [-0.3, -0.25) is 4.79 Å². The Morgan fingerprint density at radius 1 is 1.03 bits per heavy atom. The van der Waals surface area contributed by atoms with Crippen LogP contribution in [0.2, 0.25) is 0 Å². The minimum atomic E-state index is -0.260. The molecule has 0 atom stereocenters. The van der Waals surface area contributed by atoms with Gasteiger partial charge in [0.1, 0.15) is 6.07 Å². The minimum Gasteiger partial charge on any atom is -0.490 e. The second kappa shape index (κ2) is 9.58. The van der Waals surface area contributed by atoms with E-state index in [4.69, 9.17) is 14.7 Å². The fourth-order valence-corrected chi connectivity index (χ4v) is 3.23. The van der Waals surface area contributed by atoms with Crippen LogP contribution in [0, 0.1) is 11.3 Å². The fraction of sp³-hybridized carbons (Fsp3) is 0.120. The first-order valence-electron chi connectivity index (χ1n) is 10.1. The standard InChI is InChI=1S/C25H20N4O3/c1-2-31-23-16-18(12-13-22(23)32-15-14-26)17-27-29-24(19-8-4-3-5-9-19)28-21-11-7-6-10-20(21)25(29)30/h3-13,16-17H,2,15H2,1H3. The molecule has 0 aliphatic heterocycles. The van der Waals surface area contributed by atoms with Crippen LogP contribution in [0.3, 0.4) is 0 Å². The van der Waals surface area contributed by atoms with Gasteiger partial charge in [-0.25, -0.2) is 4.98 Å². The molecule has 0 fully saturated rings. The number of nitriles is 1. The summed E-state index contributed by atoms with van der Waals surface area (Å²) >= 11 is 0. The molecule has 0 bridgehead atoms. The van der Waals surface area contributed by atoms with Gasteiger partial charge in [0.25, 0.3) is 5.56 Å². The highest BCUT2D eigenvalue weighted by molar-refractivity contribution is 5.82. The molecule has 0 saturated heterocycles. The molecule has 0 aliphatic rings. The number of nitrogens with zero attached hydrogens (tertiary/aromatic N) is 4. The van der Waals surface area contributed by atoms with Crippen LogP contribution < -0.4 is 15.0 Å². The third-order valence-corrected chi connectivity index (χ3v) is 4.67. The zero-order chi connectivity index (χ0) is 22.3. The molecular formula is C25H20N4O3. The first-order valence-corrected chi connectivity index (χ1v) is 10.1. The molecule has 4 rings (SSSR count). The van der Waals surface area contributed by atoms with Crippen LogP contribution >= 0.6 is 0 Å². The third-order valence-electron chi connectivity index (χ3n) is 4.67. The van der Waals surface area contributed by atoms with Crippen LogP contribution in [0.1, 0.15) is 12.5 Å². The SMILES string of the molecule is CCOc1cc(C=Nn2c(-c3ccccc3)nc3ccccc3c2=O)ccc1OCC#N. The van der Waals surface area contributed by atoms with Gasteiger partial charge >= 0.3 is 0 Å². The average molecular weight is 424 g/mol. The number of fused-ring (bicyclic) bond motifs is 1. The molecule has 1 aromatic heterocycles. The lowest BCUT2D eigenvalue weighted by molar-refractivity contribution is 0.298. The van der Waals surface area contributed by atoms with Gasteiger partial charge in [-0.05, 0) is 42.8 Å². The Hall–Kier alpha value is -4.44. The van der Waals surface area contributed by atoms with Crippen molar-refractivity contribution in [2.24, 2.45) is 5.10 Å². The summed E-state index contributed by atoms with van der Waals surface area (Å²) < 4.78 is 12.3. The van der Waals surface area contributed by atoms with Crippen molar-refractivity contribution in [3.05, 3.63) is 88.7 Å². The Morgan fingerprint density at radius 3 is 2.59 bits per heavy atom. The number of rotatable bonds is 7. The van der Waals surface area contributed by atoms with Gasteiger partial charge < -0.3 is 9.47 Å². The van der Waals surface area contributed by atoms with E-state index in [9.17, 15) is 4.79 Å². The number of hydrogen-bond acceptors (Lipinski definition) is 6. The van der Waals surface area contributed by atoms with E-state index >= 15 is 0 Å². The fourth-order valence-electron chi connectivity index (χ4n) is 3.23. The van der Waals surface area contributed by atoms with Gasteiger partial charge in [-0.1, -0.05) is 42.5 Å². The molecule has 4 aromatic rings. The Kier molecular flexibility index (Phi) is 6.23. The molecule has 0 radical (unpaired) electrons. The molecule has 0 spiro atoms. The summed E-state index contributed by atoms with van der Waals surface area (Å²) in [6.45, 7) is 2.23. The number of hydrogen-bond donors (Lipinski definition) is 0. The molecule has 3 aromatic carbocycles. The lowest BCUT2D eigenvalue weighted by Gasteiger charge is -2.11. The van der Waals surface area contributed by atoms with Gasteiger partial charge in [-0.15, -0.1) is 0 Å². The number of para-hydroxylation sites is 1. The molecule has 0 amide bonds. The third kappa shape index (κ3) is 4.35. The first kappa shape index (κ1) is 20.8. The monoisotopic (exact) mass is 424 g/mol. The lowest BCUT2D eigenvalue weighted by Crippen LogP contribution is -2.20. The molecule has 0 unspecified atom stereocenters. The van der Waals surface area contributed by atoms with E-state index in [2.05, 4.69) is 10.1 Å². The van der Waals surface area contributed by atoms with Gasteiger partial charge in [0, 0.05) is 5.56 Å². The van der Waals surface area contributed by atoms with Gasteiger partial charge in [0.05, 0.1) is 23.7 Å². The van der Waals surface area contributed by atoms with Crippen LogP contribution in [0.5, 0.6) is 11.5 Å². The molecule has 7 heteroatoms. The maximum atomic E-state index is 13.2. The second-order valence-corrected chi connectivity index (χ2v) is 6.77. The summed E-state index contributed by atoms with van der Waals surface area (Å²) in [5, 5.41) is 13.7. The van der Waals surface area contributed by atoms with Crippen molar-refractivity contribution in [3.8, 4) is 29.0 Å². The Balaban J connectivity index is 1.80. The summed E-state index contributed by atoms with van der Waals surface area (Å²) in [6, 6.07) is 23.8. The predicted molar refractivity (Wildman–Crippen MR) is 123 cm³/mol. The Labute approximate surface area is 184 Å². The number of benzene rings is 3.